The number of hydrogen-bond donors (Lipinski definition) is 2. The van der Waals surface area contributed by atoms with E-state index in [0.717, 1.165) is 30.9 Å². The summed E-state index contributed by atoms with van der Waals surface area (Å²) in [6.07, 6.45) is 3.04. The van der Waals surface area contributed by atoms with Crippen molar-refractivity contribution in [1.29, 1.82) is 0 Å². The normalized spacial score (nSPS) is 11.5. The van der Waals surface area contributed by atoms with Gasteiger partial charge in [0.05, 0.1) is 17.6 Å². The van der Waals surface area contributed by atoms with Crippen LogP contribution in [0.25, 0.3) is 11.3 Å². The first-order valence-electron chi connectivity index (χ1n) is 7.35. The summed E-state index contributed by atoms with van der Waals surface area (Å²) in [5.41, 5.74) is 5.73. The third-order valence-corrected chi connectivity index (χ3v) is 3.52. The first-order chi connectivity index (χ1) is 9.56. The van der Waals surface area contributed by atoms with Crippen molar-refractivity contribution in [2.75, 3.05) is 6.54 Å². The van der Waals surface area contributed by atoms with Gasteiger partial charge in [0.15, 0.2) is 0 Å². The molecule has 0 aliphatic heterocycles. The predicted octanol–water partition coefficient (Wildman–Crippen LogP) is 2.97. The molecule has 0 unspecified atom stereocenters. The Morgan fingerprint density at radius 1 is 1.35 bits per heavy atom. The van der Waals surface area contributed by atoms with E-state index in [1.807, 2.05) is 6.20 Å². The lowest BCUT2D eigenvalue weighted by Crippen LogP contribution is -2.14. The fourth-order valence-corrected chi connectivity index (χ4v) is 2.59. The number of aromatic amines is 1. The molecule has 110 valence electrons. The average Bonchev–Trinajstić information content (AvgIpc) is 2.94. The first-order valence-corrected chi connectivity index (χ1v) is 7.35. The van der Waals surface area contributed by atoms with Crippen molar-refractivity contribution in [2.45, 2.75) is 53.6 Å². The molecule has 0 bridgehead atoms. The van der Waals surface area contributed by atoms with E-state index in [4.69, 9.17) is 0 Å². The second kappa shape index (κ2) is 6.22. The number of nitrogens with zero attached hydrogens (tertiary/aromatic N) is 3. The third kappa shape index (κ3) is 2.77. The Morgan fingerprint density at radius 3 is 2.70 bits per heavy atom. The third-order valence-electron chi connectivity index (χ3n) is 3.52. The lowest BCUT2D eigenvalue weighted by Gasteiger charge is -2.09. The summed E-state index contributed by atoms with van der Waals surface area (Å²) in [6.45, 7) is 12.5. The van der Waals surface area contributed by atoms with Crippen molar-refractivity contribution < 1.29 is 0 Å². The fraction of sp³-hybridized carbons (Fsp3) is 0.600. The molecule has 0 aliphatic carbocycles. The van der Waals surface area contributed by atoms with Gasteiger partial charge < -0.3 is 5.32 Å². The van der Waals surface area contributed by atoms with Crippen LogP contribution in [0.4, 0.5) is 0 Å². The van der Waals surface area contributed by atoms with Gasteiger partial charge >= 0.3 is 0 Å². The van der Waals surface area contributed by atoms with E-state index in [-0.39, 0.29) is 0 Å². The Bertz CT molecular complexity index is 565. The van der Waals surface area contributed by atoms with Gasteiger partial charge in [0.1, 0.15) is 0 Å². The number of hydrogen-bond acceptors (Lipinski definition) is 3. The van der Waals surface area contributed by atoms with E-state index in [2.05, 4.69) is 59.9 Å². The lowest BCUT2D eigenvalue weighted by molar-refractivity contribution is 0.516. The highest BCUT2D eigenvalue weighted by molar-refractivity contribution is 5.67. The van der Waals surface area contributed by atoms with Crippen molar-refractivity contribution in [2.24, 2.45) is 0 Å². The molecule has 0 aliphatic rings. The van der Waals surface area contributed by atoms with Crippen molar-refractivity contribution in [3.63, 3.8) is 0 Å². The molecule has 0 saturated carbocycles. The first kappa shape index (κ1) is 14.8. The van der Waals surface area contributed by atoms with Gasteiger partial charge in [-0.05, 0) is 40.7 Å². The Morgan fingerprint density at radius 2 is 2.10 bits per heavy atom. The average molecular weight is 275 g/mol. The molecule has 2 rings (SSSR count). The van der Waals surface area contributed by atoms with Crippen molar-refractivity contribution in [1.82, 2.24) is 25.3 Å². The van der Waals surface area contributed by atoms with Crippen molar-refractivity contribution >= 4 is 0 Å². The number of H-pyrrole nitrogens is 1. The number of nitrogens with one attached hydrogen (secondary N) is 2. The molecular weight excluding hydrogens is 250 g/mol. The molecule has 0 spiro atoms. The van der Waals surface area contributed by atoms with Gasteiger partial charge in [-0.1, -0.05) is 6.92 Å². The summed E-state index contributed by atoms with van der Waals surface area (Å²) < 4.78 is 2.08. The van der Waals surface area contributed by atoms with E-state index in [1.165, 1.54) is 16.8 Å². The Kier molecular flexibility index (Phi) is 4.60. The van der Waals surface area contributed by atoms with Crippen LogP contribution in [0.15, 0.2) is 6.20 Å². The zero-order valence-corrected chi connectivity index (χ0v) is 13.1. The number of aromatic nitrogens is 4. The zero-order chi connectivity index (χ0) is 14.7. The predicted molar refractivity (Wildman–Crippen MR) is 81.7 cm³/mol. The van der Waals surface area contributed by atoms with Gasteiger partial charge in [0, 0.05) is 29.4 Å². The van der Waals surface area contributed by atoms with Crippen molar-refractivity contribution in [3.8, 4) is 11.3 Å². The largest absolute Gasteiger partial charge is 0.313 e. The fourth-order valence-electron chi connectivity index (χ4n) is 2.59. The smallest absolute Gasteiger partial charge is 0.0732 e. The minimum Gasteiger partial charge on any atom is -0.313 e. The van der Waals surface area contributed by atoms with E-state index < -0.39 is 0 Å². The molecule has 0 aromatic carbocycles. The number of aryl methyl sites for hydroxylation is 1. The van der Waals surface area contributed by atoms with Crippen LogP contribution in [0, 0.1) is 13.8 Å². The van der Waals surface area contributed by atoms with Gasteiger partial charge in [-0.15, -0.1) is 0 Å². The maximum Gasteiger partial charge on any atom is 0.0732 e. The molecule has 0 radical (unpaired) electrons. The molecule has 0 fully saturated rings. The molecule has 2 N–H and O–H groups in total. The van der Waals surface area contributed by atoms with Gasteiger partial charge in [0.2, 0.25) is 0 Å². The van der Waals surface area contributed by atoms with Crippen LogP contribution >= 0.6 is 0 Å². The van der Waals surface area contributed by atoms with E-state index >= 15 is 0 Å². The summed E-state index contributed by atoms with van der Waals surface area (Å²) in [4.78, 5) is 0. The van der Waals surface area contributed by atoms with Gasteiger partial charge in [-0.25, -0.2) is 0 Å². The zero-order valence-electron chi connectivity index (χ0n) is 13.1. The highest BCUT2D eigenvalue weighted by Gasteiger charge is 2.18. The summed E-state index contributed by atoms with van der Waals surface area (Å²) in [7, 11) is 0. The standard InChI is InChI=1S/C15H25N5/c1-6-7-16-8-13-9-17-18-15(13)14-11(4)19-20(10(2)3)12(14)5/h9-10,16H,6-8H2,1-5H3,(H,17,18). The van der Waals surface area contributed by atoms with Crippen LogP contribution < -0.4 is 5.32 Å². The van der Waals surface area contributed by atoms with Gasteiger partial charge in [0.25, 0.3) is 0 Å². The molecular formula is C15H25N5. The molecule has 0 amide bonds. The Hall–Kier alpha value is -1.62. The topological polar surface area (TPSA) is 58.5 Å². The second-order valence-corrected chi connectivity index (χ2v) is 5.53. The van der Waals surface area contributed by atoms with Crippen LogP contribution in [0.1, 0.15) is 50.2 Å². The van der Waals surface area contributed by atoms with Crippen LogP contribution in [0.3, 0.4) is 0 Å². The van der Waals surface area contributed by atoms with Crippen LogP contribution in [-0.2, 0) is 6.54 Å². The number of rotatable bonds is 6. The molecule has 5 heteroatoms. The van der Waals surface area contributed by atoms with E-state index in [1.54, 1.807) is 0 Å². The highest BCUT2D eigenvalue weighted by atomic mass is 15.3. The Labute approximate surface area is 120 Å². The highest BCUT2D eigenvalue weighted by Crippen LogP contribution is 2.29. The monoisotopic (exact) mass is 275 g/mol. The summed E-state index contributed by atoms with van der Waals surface area (Å²) >= 11 is 0. The van der Waals surface area contributed by atoms with E-state index in [0.29, 0.717) is 6.04 Å². The molecule has 20 heavy (non-hydrogen) atoms. The second-order valence-electron chi connectivity index (χ2n) is 5.53. The van der Waals surface area contributed by atoms with Crippen molar-refractivity contribution in [3.05, 3.63) is 23.1 Å². The summed E-state index contributed by atoms with van der Waals surface area (Å²) in [6, 6.07) is 0.368. The molecule has 0 saturated heterocycles. The Balaban J connectivity index is 2.35. The molecule has 2 aromatic rings. The summed E-state index contributed by atoms with van der Waals surface area (Å²) in [5.74, 6) is 0. The van der Waals surface area contributed by atoms with Crippen LogP contribution in [-0.4, -0.2) is 26.5 Å². The maximum absolute atomic E-state index is 4.65. The molecule has 5 nitrogen and oxygen atoms in total. The van der Waals surface area contributed by atoms with Crippen LogP contribution in [0.2, 0.25) is 0 Å². The maximum atomic E-state index is 4.65. The lowest BCUT2D eigenvalue weighted by atomic mass is 10.1. The van der Waals surface area contributed by atoms with Crippen LogP contribution in [0.5, 0.6) is 0 Å². The summed E-state index contributed by atoms with van der Waals surface area (Å²) in [5, 5.41) is 15.4. The van der Waals surface area contributed by atoms with Gasteiger partial charge in [-0.2, -0.15) is 10.2 Å². The molecule has 2 heterocycles. The SMILES string of the molecule is CCCNCc1cn[nH]c1-c1c(C)nn(C(C)C)c1C. The molecule has 2 aromatic heterocycles. The molecule has 0 atom stereocenters. The van der Waals surface area contributed by atoms with E-state index in [9.17, 15) is 0 Å². The quantitative estimate of drug-likeness (QED) is 0.797. The van der Waals surface area contributed by atoms with Gasteiger partial charge in [-0.3, -0.25) is 9.78 Å². The minimum absolute atomic E-state index is 0.368. The minimum atomic E-state index is 0.368.